The monoisotopic (exact) mass is 637 g/mol. The molecule has 2 amide bonds. The van der Waals surface area contributed by atoms with Crippen LogP contribution in [0.25, 0.3) is 0 Å². The van der Waals surface area contributed by atoms with Gasteiger partial charge in [0.1, 0.15) is 12.6 Å². The fourth-order valence-corrected chi connectivity index (χ4v) is 6.21. The lowest BCUT2D eigenvalue weighted by Crippen LogP contribution is -2.52. The Morgan fingerprint density at radius 1 is 0.927 bits per heavy atom. The maximum Gasteiger partial charge on any atom is 0.264 e. The summed E-state index contributed by atoms with van der Waals surface area (Å²) in [5.74, 6) is -0.970. The molecule has 11 heteroatoms. The Morgan fingerprint density at radius 3 is 2.20 bits per heavy atom. The van der Waals surface area contributed by atoms with E-state index < -0.39 is 28.5 Å². The van der Waals surface area contributed by atoms with Gasteiger partial charge in [0.25, 0.3) is 10.0 Å². The highest BCUT2D eigenvalue weighted by molar-refractivity contribution is 7.92. The third-order valence-electron chi connectivity index (χ3n) is 6.92. The second kappa shape index (κ2) is 13.9. The topological polar surface area (TPSA) is 86.8 Å². The van der Waals surface area contributed by atoms with Gasteiger partial charge in [-0.25, -0.2) is 8.42 Å². The van der Waals surface area contributed by atoms with Gasteiger partial charge in [0, 0.05) is 27.7 Å². The summed E-state index contributed by atoms with van der Waals surface area (Å²) in [5, 5.41) is 3.99. The molecular formula is C30H34Cl3N3O4S. The van der Waals surface area contributed by atoms with Gasteiger partial charge in [-0.15, -0.1) is 0 Å². The summed E-state index contributed by atoms with van der Waals surface area (Å²) >= 11 is 18.9. The first-order chi connectivity index (χ1) is 19.3. The zero-order chi connectivity index (χ0) is 30.5. The van der Waals surface area contributed by atoms with Crippen molar-refractivity contribution in [3.05, 3.63) is 92.4 Å². The highest BCUT2D eigenvalue weighted by atomic mass is 35.5. The smallest absolute Gasteiger partial charge is 0.264 e. The lowest BCUT2D eigenvalue weighted by molar-refractivity contribution is -0.139. The average molecular weight is 639 g/mol. The summed E-state index contributed by atoms with van der Waals surface area (Å²) in [4.78, 5) is 28.6. The van der Waals surface area contributed by atoms with Gasteiger partial charge >= 0.3 is 0 Å². The number of carbonyl (C=O) groups is 2. The zero-order valence-electron chi connectivity index (χ0n) is 23.6. The van der Waals surface area contributed by atoms with E-state index >= 15 is 0 Å². The second-order valence-corrected chi connectivity index (χ2v) is 13.1. The van der Waals surface area contributed by atoms with E-state index in [9.17, 15) is 18.0 Å². The zero-order valence-corrected chi connectivity index (χ0v) is 26.7. The van der Waals surface area contributed by atoms with Gasteiger partial charge in [0.15, 0.2) is 0 Å². The van der Waals surface area contributed by atoms with E-state index in [-0.39, 0.29) is 29.1 Å². The number of carbonyl (C=O) groups excluding carboxylic acids is 2. The van der Waals surface area contributed by atoms with E-state index in [2.05, 4.69) is 5.32 Å². The molecule has 0 fully saturated rings. The highest BCUT2D eigenvalue weighted by Crippen LogP contribution is 2.31. The number of halogens is 3. The molecule has 2 atom stereocenters. The molecule has 0 bridgehead atoms. The van der Waals surface area contributed by atoms with Crippen LogP contribution in [0.4, 0.5) is 5.69 Å². The molecule has 0 aliphatic heterocycles. The van der Waals surface area contributed by atoms with Crippen LogP contribution in [0.1, 0.15) is 43.9 Å². The molecule has 7 nitrogen and oxygen atoms in total. The van der Waals surface area contributed by atoms with Gasteiger partial charge in [-0.05, 0) is 81.6 Å². The standard InChI is InChI=1S/C30H34Cl3N3O4S/c1-6-20(3)34-30(38)22(5)35(17-23-12-13-24(31)16-27(23)33)29(37)18-36(28-9-7-8-26(32)21(28)4)41(39,40)25-14-10-19(2)11-15-25/h7-16,20,22H,6,17-18H2,1-5H3,(H,34,38). The van der Waals surface area contributed by atoms with E-state index in [0.29, 0.717) is 32.6 Å². The van der Waals surface area contributed by atoms with Crippen molar-refractivity contribution in [2.75, 3.05) is 10.8 Å². The van der Waals surface area contributed by atoms with E-state index in [1.54, 1.807) is 62.4 Å². The number of nitrogens with one attached hydrogen (secondary N) is 1. The first-order valence-corrected chi connectivity index (χ1v) is 15.7. The van der Waals surface area contributed by atoms with Crippen LogP contribution in [0, 0.1) is 13.8 Å². The summed E-state index contributed by atoms with van der Waals surface area (Å²) in [6.45, 7) is 8.32. The highest BCUT2D eigenvalue weighted by Gasteiger charge is 2.33. The first kappa shape index (κ1) is 32.7. The van der Waals surface area contributed by atoms with Crippen molar-refractivity contribution >= 4 is 62.3 Å². The SMILES string of the molecule is CCC(C)NC(=O)C(C)N(Cc1ccc(Cl)cc1Cl)C(=O)CN(c1cccc(Cl)c1C)S(=O)(=O)c1ccc(C)cc1. The second-order valence-electron chi connectivity index (χ2n) is 9.96. The van der Waals surface area contributed by atoms with Crippen molar-refractivity contribution in [3.63, 3.8) is 0 Å². The van der Waals surface area contributed by atoms with Crippen molar-refractivity contribution < 1.29 is 18.0 Å². The fourth-order valence-electron chi connectivity index (χ4n) is 4.10. The molecule has 0 heterocycles. The number of rotatable bonds is 11. The van der Waals surface area contributed by atoms with Crippen LogP contribution in [0.15, 0.2) is 65.6 Å². The molecule has 0 aliphatic carbocycles. The number of nitrogens with zero attached hydrogens (tertiary/aromatic N) is 2. The fraction of sp³-hybridized carbons (Fsp3) is 0.333. The van der Waals surface area contributed by atoms with Gasteiger partial charge in [0.05, 0.1) is 10.6 Å². The summed E-state index contributed by atoms with van der Waals surface area (Å²) in [5.41, 5.74) is 2.19. The summed E-state index contributed by atoms with van der Waals surface area (Å²) in [6, 6.07) is 15.0. The summed E-state index contributed by atoms with van der Waals surface area (Å²) in [7, 11) is -4.21. The van der Waals surface area contributed by atoms with Crippen molar-refractivity contribution in [2.24, 2.45) is 0 Å². The largest absolute Gasteiger partial charge is 0.352 e. The number of benzene rings is 3. The predicted octanol–water partition coefficient (Wildman–Crippen LogP) is 6.79. The molecule has 0 saturated heterocycles. The third-order valence-corrected chi connectivity index (χ3v) is 9.69. The Hall–Kier alpha value is -2.78. The Balaban J connectivity index is 2.09. The Kier molecular flexibility index (Phi) is 11.1. The van der Waals surface area contributed by atoms with Crippen molar-refractivity contribution in [1.82, 2.24) is 10.2 Å². The maximum atomic E-state index is 14.1. The minimum atomic E-state index is -4.21. The number of amides is 2. The van der Waals surface area contributed by atoms with Crippen molar-refractivity contribution in [1.29, 1.82) is 0 Å². The molecule has 0 aromatic heterocycles. The molecule has 41 heavy (non-hydrogen) atoms. The van der Waals surface area contributed by atoms with Gasteiger partial charge in [-0.3, -0.25) is 13.9 Å². The van der Waals surface area contributed by atoms with Crippen LogP contribution in [0.3, 0.4) is 0 Å². The number of aryl methyl sites for hydroxylation is 1. The molecule has 0 spiro atoms. The van der Waals surface area contributed by atoms with Crippen LogP contribution in [-0.4, -0.2) is 43.8 Å². The molecule has 2 unspecified atom stereocenters. The van der Waals surface area contributed by atoms with Crippen LogP contribution in [-0.2, 0) is 26.2 Å². The quantitative estimate of drug-likeness (QED) is 0.251. The van der Waals surface area contributed by atoms with Gasteiger partial charge in [-0.1, -0.05) is 71.6 Å². The normalized spacial score (nSPS) is 12.9. The van der Waals surface area contributed by atoms with E-state index in [1.165, 1.54) is 17.0 Å². The molecular weight excluding hydrogens is 605 g/mol. The molecule has 1 N–H and O–H groups in total. The van der Waals surface area contributed by atoms with E-state index in [0.717, 1.165) is 9.87 Å². The van der Waals surface area contributed by atoms with Crippen LogP contribution in [0.2, 0.25) is 15.1 Å². The molecule has 3 aromatic rings. The van der Waals surface area contributed by atoms with E-state index in [1.807, 2.05) is 20.8 Å². The van der Waals surface area contributed by atoms with Crippen LogP contribution in [0.5, 0.6) is 0 Å². The minimum absolute atomic E-state index is 0.0186. The Morgan fingerprint density at radius 2 is 1.59 bits per heavy atom. The molecule has 3 aromatic carbocycles. The maximum absolute atomic E-state index is 14.1. The Bertz CT molecular complexity index is 1510. The lowest BCUT2D eigenvalue weighted by Gasteiger charge is -2.33. The molecule has 3 rings (SSSR count). The van der Waals surface area contributed by atoms with E-state index in [4.69, 9.17) is 34.8 Å². The lowest BCUT2D eigenvalue weighted by atomic mass is 10.1. The number of hydrogen-bond acceptors (Lipinski definition) is 4. The predicted molar refractivity (Wildman–Crippen MR) is 166 cm³/mol. The molecule has 0 saturated carbocycles. The average Bonchev–Trinajstić information content (AvgIpc) is 2.92. The third kappa shape index (κ3) is 7.95. The molecule has 0 radical (unpaired) electrons. The molecule has 220 valence electrons. The number of hydrogen-bond donors (Lipinski definition) is 1. The summed E-state index contributed by atoms with van der Waals surface area (Å²) in [6.07, 6.45) is 0.700. The van der Waals surface area contributed by atoms with Crippen molar-refractivity contribution in [3.8, 4) is 0 Å². The molecule has 0 aliphatic rings. The number of sulfonamides is 1. The van der Waals surface area contributed by atoms with Crippen molar-refractivity contribution in [2.45, 2.75) is 64.6 Å². The Labute approximate surface area is 257 Å². The van der Waals surface area contributed by atoms with Crippen LogP contribution >= 0.6 is 34.8 Å². The minimum Gasteiger partial charge on any atom is -0.352 e. The number of anilines is 1. The van der Waals surface area contributed by atoms with Crippen LogP contribution < -0.4 is 9.62 Å². The summed E-state index contributed by atoms with van der Waals surface area (Å²) < 4.78 is 29.0. The van der Waals surface area contributed by atoms with Gasteiger partial charge in [0.2, 0.25) is 11.8 Å². The first-order valence-electron chi connectivity index (χ1n) is 13.1. The van der Waals surface area contributed by atoms with Gasteiger partial charge < -0.3 is 10.2 Å². The van der Waals surface area contributed by atoms with Gasteiger partial charge in [-0.2, -0.15) is 0 Å².